The van der Waals surface area contributed by atoms with Gasteiger partial charge in [0.1, 0.15) is 11.5 Å². The van der Waals surface area contributed by atoms with E-state index in [1.54, 1.807) is 24.3 Å². The summed E-state index contributed by atoms with van der Waals surface area (Å²) in [7, 11) is 0. The first-order chi connectivity index (χ1) is 20.2. The highest BCUT2D eigenvalue weighted by atomic mass is 32.2. The Morgan fingerprint density at radius 3 is 1.85 bits per heavy atom. The number of benzene rings is 4. The van der Waals surface area contributed by atoms with Crippen molar-refractivity contribution in [2.24, 2.45) is 0 Å². The standard InChI is InChI=1S/C34H31NO5S/c36-32-28-18-10-11-19-29(28)33(37)35(32)31-30(39-22-25-14-6-2-7-15-25)20-26(23-38-21-24-12-4-1-5-13-24)40-34(31)41-27-16-8-3-9-17-27/h1-19,26,30-31,34H,20-23H2/t26-,30-,31+,34-/m0/s1. The number of rotatable bonds is 10. The first-order valence-electron chi connectivity index (χ1n) is 13.8. The third-order valence-electron chi connectivity index (χ3n) is 7.32. The van der Waals surface area contributed by atoms with Gasteiger partial charge in [-0.15, -0.1) is 0 Å². The number of amides is 2. The van der Waals surface area contributed by atoms with Crippen LogP contribution >= 0.6 is 11.8 Å². The van der Waals surface area contributed by atoms with Gasteiger partial charge in [-0.3, -0.25) is 14.5 Å². The van der Waals surface area contributed by atoms with Crippen LogP contribution in [0.1, 0.15) is 38.3 Å². The van der Waals surface area contributed by atoms with Gasteiger partial charge in [0, 0.05) is 11.3 Å². The summed E-state index contributed by atoms with van der Waals surface area (Å²) in [4.78, 5) is 29.7. The minimum Gasteiger partial charge on any atom is -0.374 e. The molecule has 0 N–H and O–H groups in total. The highest BCUT2D eigenvalue weighted by molar-refractivity contribution is 7.99. The smallest absolute Gasteiger partial charge is 0.262 e. The van der Waals surface area contributed by atoms with Gasteiger partial charge < -0.3 is 14.2 Å². The van der Waals surface area contributed by atoms with Gasteiger partial charge in [-0.2, -0.15) is 0 Å². The summed E-state index contributed by atoms with van der Waals surface area (Å²) in [5.41, 5.74) is 2.37. The molecule has 0 saturated carbocycles. The maximum absolute atomic E-state index is 13.7. The molecule has 41 heavy (non-hydrogen) atoms. The fourth-order valence-corrected chi connectivity index (χ4v) is 6.56. The zero-order chi connectivity index (χ0) is 28.0. The lowest BCUT2D eigenvalue weighted by Gasteiger charge is -2.44. The summed E-state index contributed by atoms with van der Waals surface area (Å²) in [6, 6.07) is 36.2. The topological polar surface area (TPSA) is 65.1 Å². The van der Waals surface area contributed by atoms with Crippen LogP contribution in [-0.2, 0) is 27.4 Å². The van der Waals surface area contributed by atoms with Crippen LogP contribution in [0.2, 0.25) is 0 Å². The minimum absolute atomic E-state index is 0.285. The number of thioether (sulfide) groups is 1. The van der Waals surface area contributed by atoms with E-state index in [0.717, 1.165) is 16.0 Å². The third kappa shape index (κ3) is 6.29. The molecular weight excluding hydrogens is 534 g/mol. The zero-order valence-corrected chi connectivity index (χ0v) is 23.3. The van der Waals surface area contributed by atoms with Crippen LogP contribution in [0.15, 0.2) is 120 Å². The Morgan fingerprint density at radius 2 is 1.24 bits per heavy atom. The normalized spacial score (nSPS) is 22.1. The average molecular weight is 566 g/mol. The molecule has 6 rings (SSSR count). The van der Waals surface area contributed by atoms with E-state index in [9.17, 15) is 9.59 Å². The molecule has 4 aromatic rings. The minimum atomic E-state index is -0.637. The molecule has 0 unspecified atom stereocenters. The first kappa shape index (κ1) is 27.4. The Morgan fingerprint density at radius 1 is 0.707 bits per heavy atom. The van der Waals surface area contributed by atoms with Gasteiger partial charge in [0.15, 0.2) is 0 Å². The van der Waals surface area contributed by atoms with Gasteiger partial charge >= 0.3 is 0 Å². The molecule has 6 nitrogen and oxygen atoms in total. The summed E-state index contributed by atoms with van der Waals surface area (Å²) >= 11 is 1.50. The second kappa shape index (κ2) is 12.8. The van der Waals surface area contributed by atoms with Crippen molar-refractivity contribution in [2.75, 3.05) is 6.61 Å². The highest BCUT2D eigenvalue weighted by Crippen LogP contribution is 2.40. The molecule has 7 heteroatoms. The van der Waals surface area contributed by atoms with Crippen LogP contribution in [0.5, 0.6) is 0 Å². The van der Waals surface area contributed by atoms with Gasteiger partial charge in [-0.05, 0) is 35.4 Å². The fourth-order valence-electron chi connectivity index (χ4n) is 5.33. The van der Waals surface area contributed by atoms with Gasteiger partial charge in [0.25, 0.3) is 11.8 Å². The van der Waals surface area contributed by atoms with Crippen molar-refractivity contribution >= 4 is 23.6 Å². The van der Waals surface area contributed by atoms with Gasteiger partial charge in [0.2, 0.25) is 0 Å². The predicted octanol–water partition coefficient (Wildman–Crippen LogP) is 6.36. The van der Waals surface area contributed by atoms with Crippen molar-refractivity contribution in [1.29, 1.82) is 0 Å². The van der Waals surface area contributed by atoms with E-state index in [1.165, 1.54) is 16.7 Å². The molecule has 4 atom stereocenters. The van der Waals surface area contributed by atoms with Crippen molar-refractivity contribution in [3.05, 3.63) is 138 Å². The average Bonchev–Trinajstić information content (AvgIpc) is 3.27. The molecule has 0 spiro atoms. The molecule has 208 valence electrons. The lowest BCUT2D eigenvalue weighted by Crippen LogP contribution is -2.59. The number of carbonyl (C=O) groups is 2. The Hall–Kier alpha value is -3.75. The van der Waals surface area contributed by atoms with Crippen LogP contribution in [-0.4, -0.2) is 47.0 Å². The molecule has 0 bridgehead atoms. The second-order valence-electron chi connectivity index (χ2n) is 10.1. The molecule has 2 aliphatic heterocycles. The Kier molecular flexibility index (Phi) is 8.58. The van der Waals surface area contributed by atoms with E-state index in [1.807, 2.05) is 91.0 Å². The van der Waals surface area contributed by atoms with Crippen molar-refractivity contribution in [3.63, 3.8) is 0 Å². The molecule has 0 aliphatic carbocycles. The maximum atomic E-state index is 13.7. The quantitative estimate of drug-likeness (QED) is 0.209. The molecule has 2 aliphatic rings. The molecule has 1 fully saturated rings. The molecule has 0 aromatic heterocycles. The van der Waals surface area contributed by atoms with E-state index < -0.39 is 17.6 Å². The van der Waals surface area contributed by atoms with E-state index in [4.69, 9.17) is 14.2 Å². The van der Waals surface area contributed by atoms with Gasteiger partial charge in [-0.25, -0.2) is 0 Å². The van der Waals surface area contributed by atoms with Crippen molar-refractivity contribution < 1.29 is 23.8 Å². The number of ether oxygens (including phenoxy) is 3. The largest absolute Gasteiger partial charge is 0.374 e. The molecule has 4 aromatic carbocycles. The molecular formula is C34H31NO5S. The molecule has 1 saturated heterocycles. The maximum Gasteiger partial charge on any atom is 0.262 e. The highest BCUT2D eigenvalue weighted by Gasteiger charge is 2.50. The third-order valence-corrected chi connectivity index (χ3v) is 8.49. The van der Waals surface area contributed by atoms with E-state index in [0.29, 0.717) is 37.4 Å². The summed E-state index contributed by atoms with van der Waals surface area (Å²) in [5, 5.41) is 0. The molecule has 2 amide bonds. The monoisotopic (exact) mass is 565 g/mol. The zero-order valence-electron chi connectivity index (χ0n) is 22.5. The van der Waals surface area contributed by atoms with Crippen molar-refractivity contribution in [3.8, 4) is 0 Å². The summed E-state index contributed by atoms with van der Waals surface area (Å²) in [6.07, 6.45) is -0.268. The first-order valence-corrected chi connectivity index (χ1v) is 14.7. The van der Waals surface area contributed by atoms with Crippen molar-refractivity contribution in [2.45, 2.75) is 48.2 Å². The fraction of sp³-hybridized carbons (Fsp3) is 0.235. The van der Waals surface area contributed by atoms with Gasteiger partial charge in [0.05, 0.1) is 43.2 Å². The van der Waals surface area contributed by atoms with Crippen molar-refractivity contribution in [1.82, 2.24) is 4.90 Å². The number of fused-ring (bicyclic) bond motifs is 1. The molecule has 2 heterocycles. The van der Waals surface area contributed by atoms with Crippen LogP contribution in [0.4, 0.5) is 0 Å². The predicted molar refractivity (Wildman–Crippen MR) is 157 cm³/mol. The number of hydrogen-bond acceptors (Lipinski definition) is 6. The SMILES string of the molecule is O=C1c2ccccc2C(=O)N1[C@@H]1[C@@H](OCc2ccccc2)C[C@@H](COCc2ccccc2)O[C@H]1Sc1ccccc1. The number of imide groups is 1. The van der Waals surface area contributed by atoms with Gasteiger partial charge in [-0.1, -0.05) is 103 Å². The number of hydrogen-bond donors (Lipinski definition) is 0. The number of nitrogens with zero attached hydrogens (tertiary/aromatic N) is 1. The van der Waals surface area contributed by atoms with E-state index >= 15 is 0 Å². The Balaban J connectivity index is 1.29. The van der Waals surface area contributed by atoms with E-state index in [-0.39, 0.29) is 17.9 Å². The van der Waals surface area contributed by atoms with Crippen LogP contribution in [0, 0.1) is 0 Å². The van der Waals surface area contributed by atoms with Crippen LogP contribution in [0.3, 0.4) is 0 Å². The number of carbonyl (C=O) groups excluding carboxylic acids is 2. The summed E-state index contributed by atoms with van der Waals surface area (Å²) < 4.78 is 19.3. The lowest BCUT2D eigenvalue weighted by molar-refractivity contribution is -0.143. The second-order valence-corrected chi connectivity index (χ2v) is 11.3. The summed E-state index contributed by atoms with van der Waals surface area (Å²) in [6.45, 7) is 1.18. The van der Waals surface area contributed by atoms with Crippen LogP contribution in [0.25, 0.3) is 0 Å². The van der Waals surface area contributed by atoms with E-state index in [2.05, 4.69) is 0 Å². The Bertz CT molecular complexity index is 1430. The van der Waals surface area contributed by atoms with Crippen LogP contribution < -0.4 is 0 Å². The summed E-state index contributed by atoms with van der Waals surface area (Å²) in [5.74, 6) is -0.630. The molecule has 0 radical (unpaired) electrons. The lowest BCUT2D eigenvalue weighted by atomic mass is 9.99. The Labute approximate surface area is 244 Å².